The minimum atomic E-state index is -0.195. The van der Waals surface area contributed by atoms with Crippen LogP contribution in [0.4, 0.5) is 5.82 Å². The molecule has 0 spiro atoms. The van der Waals surface area contributed by atoms with Crippen LogP contribution in [0.3, 0.4) is 0 Å². The topological polar surface area (TPSA) is 61.0 Å². The number of aryl methyl sites for hydroxylation is 1. The van der Waals surface area contributed by atoms with E-state index in [4.69, 9.17) is 0 Å². The number of rotatable bonds is 1. The zero-order chi connectivity index (χ0) is 11.7. The minimum absolute atomic E-state index is 0.195. The Morgan fingerprint density at radius 1 is 1.12 bits per heavy atom. The van der Waals surface area contributed by atoms with Gasteiger partial charge in [-0.25, -0.2) is 4.79 Å². The van der Waals surface area contributed by atoms with Gasteiger partial charge in [0, 0.05) is 37.4 Å². The van der Waals surface area contributed by atoms with E-state index in [1.165, 1.54) is 18.4 Å². The van der Waals surface area contributed by atoms with E-state index in [0.717, 1.165) is 50.5 Å². The maximum absolute atomic E-state index is 11.6. The van der Waals surface area contributed by atoms with Gasteiger partial charge in [0.15, 0.2) is 0 Å². The molecule has 0 bridgehead atoms. The molecule has 1 fully saturated rings. The van der Waals surface area contributed by atoms with Crippen molar-refractivity contribution in [3.8, 4) is 0 Å². The standard InChI is InChI=1S/C12H18N4O/c17-12-14-10-4-2-1-3-9(10)11(15-12)16-7-5-13-6-8-16/h13H,1-8H2,(H,14,15,17). The van der Waals surface area contributed by atoms with Crippen molar-refractivity contribution in [2.24, 2.45) is 0 Å². The van der Waals surface area contributed by atoms with E-state index in [0.29, 0.717) is 0 Å². The maximum Gasteiger partial charge on any atom is 0.347 e. The second kappa shape index (κ2) is 4.49. The molecule has 1 aromatic rings. The number of aromatic nitrogens is 2. The second-order valence-electron chi connectivity index (χ2n) is 4.77. The van der Waals surface area contributed by atoms with Crippen LogP contribution in [-0.2, 0) is 12.8 Å². The first-order valence-corrected chi connectivity index (χ1v) is 6.42. The first-order valence-electron chi connectivity index (χ1n) is 6.42. The molecule has 2 N–H and O–H groups in total. The highest BCUT2D eigenvalue weighted by Gasteiger charge is 2.21. The summed E-state index contributed by atoms with van der Waals surface area (Å²) < 4.78 is 0. The number of nitrogens with zero attached hydrogens (tertiary/aromatic N) is 2. The van der Waals surface area contributed by atoms with Gasteiger partial charge >= 0.3 is 5.69 Å². The van der Waals surface area contributed by atoms with Crippen LogP contribution in [0.1, 0.15) is 24.1 Å². The van der Waals surface area contributed by atoms with Gasteiger partial charge in [0.05, 0.1) is 0 Å². The lowest BCUT2D eigenvalue weighted by Gasteiger charge is -2.31. The molecule has 0 saturated carbocycles. The fourth-order valence-electron chi connectivity index (χ4n) is 2.75. The molecule has 17 heavy (non-hydrogen) atoms. The summed E-state index contributed by atoms with van der Waals surface area (Å²) in [6, 6.07) is 0. The Morgan fingerprint density at radius 2 is 1.88 bits per heavy atom. The molecule has 3 rings (SSSR count). The van der Waals surface area contributed by atoms with Crippen LogP contribution in [0.25, 0.3) is 0 Å². The van der Waals surface area contributed by atoms with Gasteiger partial charge in [-0.05, 0) is 25.7 Å². The Labute approximate surface area is 100 Å². The molecule has 5 nitrogen and oxygen atoms in total. The zero-order valence-electron chi connectivity index (χ0n) is 9.96. The highest BCUT2D eigenvalue weighted by Crippen LogP contribution is 2.26. The summed E-state index contributed by atoms with van der Waals surface area (Å²) in [7, 11) is 0. The molecule has 1 aromatic heterocycles. The van der Waals surface area contributed by atoms with Gasteiger partial charge in [-0.3, -0.25) is 0 Å². The zero-order valence-corrected chi connectivity index (χ0v) is 9.96. The molecule has 0 atom stereocenters. The highest BCUT2D eigenvalue weighted by molar-refractivity contribution is 5.49. The van der Waals surface area contributed by atoms with Crippen molar-refractivity contribution >= 4 is 5.82 Å². The predicted molar refractivity (Wildman–Crippen MR) is 66.6 cm³/mol. The molecule has 1 aliphatic heterocycles. The van der Waals surface area contributed by atoms with E-state index < -0.39 is 0 Å². The van der Waals surface area contributed by atoms with E-state index in [-0.39, 0.29) is 5.69 Å². The molecule has 0 radical (unpaired) electrons. The fourth-order valence-corrected chi connectivity index (χ4v) is 2.75. The minimum Gasteiger partial charge on any atom is -0.354 e. The number of hydrogen-bond acceptors (Lipinski definition) is 4. The van der Waals surface area contributed by atoms with Crippen molar-refractivity contribution in [3.05, 3.63) is 21.7 Å². The largest absolute Gasteiger partial charge is 0.354 e. The molecule has 2 aliphatic rings. The van der Waals surface area contributed by atoms with Crippen molar-refractivity contribution in [3.63, 3.8) is 0 Å². The van der Waals surface area contributed by atoms with Gasteiger partial charge in [-0.1, -0.05) is 0 Å². The monoisotopic (exact) mass is 234 g/mol. The predicted octanol–water partition coefficient (Wildman–Crippen LogP) is 0.0583. The van der Waals surface area contributed by atoms with Crippen LogP contribution in [0, 0.1) is 0 Å². The molecular weight excluding hydrogens is 216 g/mol. The Kier molecular flexibility index (Phi) is 2.84. The Bertz CT molecular complexity index is 462. The van der Waals surface area contributed by atoms with Crippen LogP contribution in [0.15, 0.2) is 4.79 Å². The third-order valence-corrected chi connectivity index (χ3v) is 3.62. The molecule has 1 aliphatic carbocycles. The summed E-state index contributed by atoms with van der Waals surface area (Å²) in [5, 5.41) is 3.32. The van der Waals surface area contributed by atoms with Crippen molar-refractivity contribution in [2.45, 2.75) is 25.7 Å². The lowest BCUT2D eigenvalue weighted by molar-refractivity contribution is 0.575. The number of anilines is 1. The number of piperazine rings is 1. The SMILES string of the molecule is O=c1nc(N2CCNCC2)c2c([nH]1)CCCC2. The molecule has 0 aromatic carbocycles. The average molecular weight is 234 g/mol. The van der Waals surface area contributed by atoms with Crippen molar-refractivity contribution in [2.75, 3.05) is 31.1 Å². The van der Waals surface area contributed by atoms with Gasteiger partial charge in [-0.15, -0.1) is 0 Å². The van der Waals surface area contributed by atoms with Crippen molar-refractivity contribution < 1.29 is 0 Å². The lowest BCUT2D eigenvalue weighted by atomic mass is 9.96. The maximum atomic E-state index is 11.6. The molecular formula is C12H18N4O. The quantitative estimate of drug-likeness (QED) is 0.721. The van der Waals surface area contributed by atoms with E-state index in [1.807, 2.05) is 0 Å². The number of H-pyrrole nitrogens is 1. The lowest BCUT2D eigenvalue weighted by Crippen LogP contribution is -2.45. The summed E-state index contributed by atoms with van der Waals surface area (Å²) in [6.07, 6.45) is 4.43. The Hall–Kier alpha value is -1.36. The Balaban J connectivity index is 2.01. The third kappa shape index (κ3) is 2.07. The van der Waals surface area contributed by atoms with E-state index in [1.54, 1.807) is 0 Å². The highest BCUT2D eigenvalue weighted by atomic mass is 16.1. The normalized spacial score (nSPS) is 20.1. The number of nitrogens with one attached hydrogen (secondary N) is 2. The van der Waals surface area contributed by atoms with E-state index in [2.05, 4.69) is 20.2 Å². The van der Waals surface area contributed by atoms with Crippen LogP contribution in [0.5, 0.6) is 0 Å². The van der Waals surface area contributed by atoms with Crippen molar-refractivity contribution in [1.82, 2.24) is 15.3 Å². The molecule has 92 valence electrons. The summed E-state index contributed by atoms with van der Waals surface area (Å²) in [6.45, 7) is 3.85. The van der Waals surface area contributed by atoms with Gasteiger partial charge in [0.1, 0.15) is 5.82 Å². The fraction of sp³-hybridized carbons (Fsp3) is 0.667. The Morgan fingerprint density at radius 3 is 2.71 bits per heavy atom. The summed E-state index contributed by atoms with van der Waals surface area (Å²) in [5.41, 5.74) is 2.20. The summed E-state index contributed by atoms with van der Waals surface area (Å²) in [4.78, 5) is 20.9. The van der Waals surface area contributed by atoms with Crippen LogP contribution in [0.2, 0.25) is 0 Å². The van der Waals surface area contributed by atoms with Crippen molar-refractivity contribution in [1.29, 1.82) is 0 Å². The number of hydrogen-bond donors (Lipinski definition) is 2. The molecule has 1 saturated heterocycles. The van der Waals surface area contributed by atoms with E-state index >= 15 is 0 Å². The van der Waals surface area contributed by atoms with Crippen LogP contribution < -0.4 is 15.9 Å². The summed E-state index contributed by atoms with van der Waals surface area (Å²) in [5.74, 6) is 0.935. The first-order chi connectivity index (χ1) is 8.34. The summed E-state index contributed by atoms with van der Waals surface area (Å²) >= 11 is 0. The molecule has 2 heterocycles. The van der Waals surface area contributed by atoms with Gasteiger partial charge < -0.3 is 15.2 Å². The van der Waals surface area contributed by atoms with Gasteiger partial charge in [-0.2, -0.15) is 4.98 Å². The molecule has 5 heteroatoms. The first kappa shape index (κ1) is 10.8. The molecule has 0 amide bonds. The van der Waals surface area contributed by atoms with Gasteiger partial charge in [0.25, 0.3) is 0 Å². The number of aromatic amines is 1. The van der Waals surface area contributed by atoms with Crippen LogP contribution in [-0.4, -0.2) is 36.1 Å². The third-order valence-electron chi connectivity index (χ3n) is 3.62. The van der Waals surface area contributed by atoms with Crippen LogP contribution >= 0.6 is 0 Å². The smallest absolute Gasteiger partial charge is 0.347 e. The second-order valence-corrected chi connectivity index (χ2v) is 4.77. The average Bonchev–Trinajstić information content (AvgIpc) is 2.39. The number of fused-ring (bicyclic) bond motifs is 1. The van der Waals surface area contributed by atoms with Gasteiger partial charge in [0.2, 0.25) is 0 Å². The van der Waals surface area contributed by atoms with E-state index in [9.17, 15) is 4.79 Å². The molecule has 0 unspecified atom stereocenters.